The Bertz CT molecular complexity index is 1830. The number of nitrogens with one attached hydrogen (secondary N) is 1. The lowest BCUT2D eigenvalue weighted by Crippen LogP contribution is -2.47. The number of hydrogen-bond donors (Lipinski definition) is 1. The number of amides is 2. The number of methoxy groups -OCH3 is 1. The van der Waals surface area contributed by atoms with Gasteiger partial charge in [0, 0.05) is 75.6 Å². The quantitative estimate of drug-likeness (QED) is 0.265. The van der Waals surface area contributed by atoms with Crippen molar-refractivity contribution in [3.8, 4) is 28.4 Å². The number of benzene rings is 1. The van der Waals surface area contributed by atoms with E-state index in [2.05, 4.69) is 20.2 Å². The largest absolute Gasteiger partial charge is 0.480 e. The van der Waals surface area contributed by atoms with E-state index in [0.717, 1.165) is 50.3 Å². The van der Waals surface area contributed by atoms with Gasteiger partial charge in [-0.15, -0.1) is 0 Å². The van der Waals surface area contributed by atoms with E-state index < -0.39 is 0 Å². The number of aldehydes is 1. The van der Waals surface area contributed by atoms with Crippen LogP contribution in [0.3, 0.4) is 0 Å². The van der Waals surface area contributed by atoms with Gasteiger partial charge in [0.15, 0.2) is 12.1 Å². The minimum Gasteiger partial charge on any atom is -0.480 e. The van der Waals surface area contributed by atoms with E-state index in [-0.39, 0.29) is 22.7 Å². The van der Waals surface area contributed by atoms with Gasteiger partial charge in [0.1, 0.15) is 0 Å². The maximum absolute atomic E-state index is 13.6. The predicted molar refractivity (Wildman–Crippen MR) is 175 cm³/mol. The number of fused-ring (bicyclic) bond motifs is 1. The Hall–Kier alpha value is -4.32. The van der Waals surface area contributed by atoms with Crippen LogP contribution in [0.25, 0.3) is 22.5 Å². The number of pyridine rings is 2. The standard InChI is InChI=1S/C33H33Cl2N7O4/c1-19(44)41-14-10-21(11-15-41)42-16-12-27-26(17-42)37-31(40(27)2)32(45)38-25-6-4-5-23(28(25)34)30-29(35)22(9-13-36-30)24-8-7-20(18-43)33(39-24)46-3/h4-9,13,18,21H,10-12,14-17H2,1-3H3,(H,38,45). The van der Waals surface area contributed by atoms with E-state index in [1.807, 2.05) is 16.5 Å². The molecule has 5 heterocycles. The molecule has 2 amide bonds. The van der Waals surface area contributed by atoms with Gasteiger partial charge in [0.25, 0.3) is 5.91 Å². The van der Waals surface area contributed by atoms with Crippen molar-refractivity contribution in [2.75, 3.05) is 32.1 Å². The molecule has 6 rings (SSSR count). The van der Waals surface area contributed by atoms with Gasteiger partial charge in [-0.3, -0.25) is 24.3 Å². The SMILES string of the molecule is COc1nc(-c2ccnc(-c3cccc(NC(=O)c4nc5c(n4C)CCN(C4CCN(C(C)=O)CC4)C5)c3Cl)c2Cl)ccc1C=O. The van der Waals surface area contributed by atoms with E-state index in [1.165, 1.54) is 7.11 Å². The van der Waals surface area contributed by atoms with Crippen molar-refractivity contribution in [2.24, 2.45) is 7.05 Å². The lowest BCUT2D eigenvalue weighted by Gasteiger charge is -2.39. The lowest BCUT2D eigenvalue weighted by molar-refractivity contribution is -0.130. The second-order valence-corrected chi connectivity index (χ2v) is 12.2. The number of aromatic nitrogens is 4. The fraction of sp³-hybridized carbons (Fsp3) is 0.333. The van der Waals surface area contributed by atoms with Gasteiger partial charge in [-0.2, -0.15) is 0 Å². The molecule has 4 aromatic rings. The highest BCUT2D eigenvalue weighted by molar-refractivity contribution is 6.39. The Morgan fingerprint density at radius 2 is 1.80 bits per heavy atom. The highest BCUT2D eigenvalue weighted by Crippen LogP contribution is 2.40. The lowest BCUT2D eigenvalue weighted by atomic mass is 10.00. The summed E-state index contributed by atoms with van der Waals surface area (Å²) in [7, 11) is 3.30. The van der Waals surface area contributed by atoms with Crippen molar-refractivity contribution in [1.29, 1.82) is 0 Å². The minimum atomic E-state index is -0.378. The minimum absolute atomic E-state index is 0.124. The number of likely N-dealkylation sites (tertiary alicyclic amines) is 1. The summed E-state index contributed by atoms with van der Waals surface area (Å²) < 4.78 is 7.11. The third-order valence-electron chi connectivity index (χ3n) is 8.79. The Kier molecular flexibility index (Phi) is 9.08. The van der Waals surface area contributed by atoms with E-state index in [1.54, 1.807) is 49.5 Å². The molecule has 0 radical (unpaired) electrons. The molecule has 0 bridgehead atoms. The third-order valence-corrected chi connectivity index (χ3v) is 9.58. The summed E-state index contributed by atoms with van der Waals surface area (Å²) in [5.74, 6) is 0.232. The Morgan fingerprint density at radius 1 is 1.02 bits per heavy atom. The molecule has 1 saturated heterocycles. The monoisotopic (exact) mass is 661 g/mol. The highest BCUT2D eigenvalue weighted by Gasteiger charge is 2.31. The second-order valence-electron chi connectivity index (χ2n) is 11.4. The van der Waals surface area contributed by atoms with E-state index >= 15 is 0 Å². The fourth-order valence-electron chi connectivity index (χ4n) is 6.28. The summed E-state index contributed by atoms with van der Waals surface area (Å²) in [5.41, 5.74) is 4.65. The maximum atomic E-state index is 13.6. The maximum Gasteiger partial charge on any atom is 0.291 e. The molecule has 3 aromatic heterocycles. The van der Waals surface area contributed by atoms with Gasteiger partial charge >= 0.3 is 0 Å². The molecular weight excluding hydrogens is 629 g/mol. The normalized spacial score (nSPS) is 15.4. The van der Waals surface area contributed by atoms with Crippen LogP contribution < -0.4 is 10.1 Å². The van der Waals surface area contributed by atoms with Crippen LogP contribution in [0.15, 0.2) is 42.6 Å². The first-order valence-electron chi connectivity index (χ1n) is 15.0. The van der Waals surface area contributed by atoms with E-state index in [4.69, 9.17) is 32.9 Å². The summed E-state index contributed by atoms with van der Waals surface area (Å²) in [6.07, 6.45) is 4.92. The molecule has 1 aromatic carbocycles. The Balaban J connectivity index is 1.22. The number of carbonyl (C=O) groups is 3. The van der Waals surface area contributed by atoms with Crippen molar-refractivity contribution in [3.63, 3.8) is 0 Å². The van der Waals surface area contributed by atoms with Gasteiger partial charge in [0.05, 0.1) is 45.5 Å². The average molecular weight is 663 g/mol. The van der Waals surface area contributed by atoms with E-state index in [0.29, 0.717) is 63.5 Å². The molecule has 13 heteroatoms. The topological polar surface area (TPSA) is 123 Å². The summed E-state index contributed by atoms with van der Waals surface area (Å²) in [6.45, 7) is 4.70. The molecule has 1 N–H and O–H groups in total. The van der Waals surface area contributed by atoms with Crippen LogP contribution in [-0.4, -0.2) is 80.2 Å². The number of hydrogen-bond acceptors (Lipinski definition) is 8. The fourth-order valence-corrected chi connectivity index (χ4v) is 6.86. The molecule has 0 spiro atoms. The van der Waals surface area contributed by atoms with Crippen LogP contribution in [0, 0.1) is 0 Å². The zero-order valence-electron chi connectivity index (χ0n) is 25.7. The first kappa shape index (κ1) is 31.7. The summed E-state index contributed by atoms with van der Waals surface area (Å²) in [6, 6.07) is 10.6. The van der Waals surface area contributed by atoms with Crippen molar-refractivity contribution in [1.82, 2.24) is 29.3 Å². The molecule has 2 aliphatic rings. The molecule has 1 fully saturated rings. The first-order chi connectivity index (χ1) is 22.2. The Morgan fingerprint density at radius 3 is 2.52 bits per heavy atom. The first-order valence-corrected chi connectivity index (χ1v) is 15.7. The highest BCUT2D eigenvalue weighted by atomic mass is 35.5. The van der Waals surface area contributed by atoms with Crippen LogP contribution in [0.1, 0.15) is 52.1 Å². The molecule has 0 saturated carbocycles. The summed E-state index contributed by atoms with van der Waals surface area (Å²) in [4.78, 5) is 54.6. The molecule has 11 nitrogen and oxygen atoms in total. The number of piperidine rings is 1. The van der Waals surface area contributed by atoms with E-state index in [9.17, 15) is 14.4 Å². The number of halogens is 2. The number of nitrogens with zero attached hydrogens (tertiary/aromatic N) is 6. The van der Waals surface area contributed by atoms with Crippen molar-refractivity contribution >= 4 is 47.0 Å². The van der Waals surface area contributed by atoms with Crippen LogP contribution in [0.4, 0.5) is 5.69 Å². The zero-order chi connectivity index (χ0) is 32.5. The second kappa shape index (κ2) is 13.2. The van der Waals surface area contributed by atoms with Crippen LogP contribution in [-0.2, 0) is 24.8 Å². The van der Waals surface area contributed by atoms with Crippen molar-refractivity contribution in [3.05, 3.63) is 75.4 Å². The summed E-state index contributed by atoms with van der Waals surface area (Å²) >= 11 is 13.7. The number of anilines is 1. The zero-order valence-corrected chi connectivity index (χ0v) is 27.2. The molecule has 0 aliphatic carbocycles. The van der Waals surface area contributed by atoms with Gasteiger partial charge in [0.2, 0.25) is 11.8 Å². The third kappa shape index (κ3) is 5.97. The van der Waals surface area contributed by atoms with Crippen LogP contribution in [0.2, 0.25) is 10.0 Å². The number of ether oxygens (including phenoxy) is 1. The van der Waals surface area contributed by atoms with Crippen molar-refractivity contribution < 1.29 is 19.1 Å². The molecule has 0 atom stereocenters. The van der Waals surface area contributed by atoms with Crippen LogP contribution in [0.5, 0.6) is 5.88 Å². The number of carbonyl (C=O) groups excluding carboxylic acids is 3. The average Bonchev–Trinajstić information content (AvgIpc) is 3.41. The molecular formula is C33H33Cl2N7O4. The molecule has 46 heavy (non-hydrogen) atoms. The smallest absolute Gasteiger partial charge is 0.291 e. The van der Waals surface area contributed by atoms with Gasteiger partial charge in [-0.05, 0) is 37.1 Å². The molecule has 2 aliphatic heterocycles. The summed E-state index contributed by atoms with van der Waals surface area (Å²) in [5, 5.41) is 3.50. The van der Waals surface area contributed by atoms with Crippen LogP contribution >= 0.6 is 23.2 Å². The molecule has 238 valence electrons. The number of rotatable bonds is 7. The Labute approximate surface area is 276 Å². The van der Waals surface area contributed by atoms with Crippen molar-refractivity contribution in [2.45, 2.75) is 38.8 Å². The van der Waals surface area contributed by atoms with Gasteiger partial charge in [-0.1, -0.05) is 35.3 Å². The van der Waals surface area contributed by atoms with Gasteiger partial charge < -0.3 is 19.5 Å². The van der Waals surface area contributed by atoms with Gasteiger partial charge in [-0.25, -0.2) is 9.97 Å². The number of imidazole rings is 1. The molecule has 0 unspecified atom stereocenters. The predicted octanol–water partition coefficient (Wildman–Crippen LogP) is 5.29.